The van der Waals surface area contributed by atoms with Crippen LogP contribution in [0.25, 0.3) is 0 Å². The lowest BCUT2D eigenvalue weighted by Gasteiger charge is -2.22. The largest absolute Gasteiger partial charge is 0.372 e. The number of hydrogen-bond acceptors (Lipinski definition) is 4. The summed E-state index contributed by atoms with van der Waals surface area (Å²) >= 11 is 0. The van der Waals surface area contributed by atoms with Gasteiger partial charge in [-0.15, -0.1) is 10.2 Å². The molecule has 1 aromatic heterocycles. The maximum absolute atomic E-state index is 4.41. The van der Waals surface area contributed by atoms with E-state index < -0.39 is 0 Å². The lowest BCUT2D eigenvalue weighted by Crippen LogP contribution is -2.38. The Bertz CT molecular complexity index is 835. The number of aromatic nitrogens is 3. The van der Waals surface area contributed by atoms with Crippen LogP contribution in [0.15, 0.2) is 29.3 Å². The molecule has 29 heavy (non-hydrogen) atoms. The van der Waals surface area contributed by atoms with Gasteiger partial charge in [-0.1, -0.05) is 18.6 Å². The van der Waals surface area contributed by atoms with Crippen LogP contribution < -0.4 is 15.5 Å². The van der Waals surface area contributed by atoms with Gasteiger partial charge >= 0.3 is 0 Å². The van der Waals surface area contributed by atoms with Gasteiger partial charge in [0.2, 0.25) is 0 Å². The van der Waals surface area contributed by atoms with Crippen LogP contribution in [0.4, 0.5) is 5.69 Å². The molecule has 4 rings (SSSR count). The molecule has 1 aromatic carbocycles. The van der Waals surface area contributed by atoms with E-state index >= 15 is 0 Å². The Kier molecular flexibility index (Phi) is 6.32. The Morgan fingerprint density at radius 3 is 2.76 bits per heavy atom. The van der Waals surface area contributed by atoms with Gasteiger partial charge in [0.05, 0.1) is 12.6 Å². The number of aryl methyl sites for hydroxylation is 1. The smallest absolute Gasteiger partial charge is 0.191 e. The van der Waals surface area contributed by atoms with Gasteiger partial charge in [0.1, 0.15) is 5.82 Å². The standard InChI is InChI=1S/C22H33N7/c1-17(18-9-8-10-19(15-18)28-12-6-7-13-28)25-22(23-2)24-16-21-27-26-20-11-4-3-5-14-29(20)21/h8-10,15,17H,3-7,11-14,16H2,1-2H3,(H2,23,24,25). The molecule has 2 aliphatic rings. The number of hydrogen-bond donors (Lipinski definition) is 2. The van der Waals surface area contributed by atoms with Gasteiger partial charge in [0, 0.05) is 38.8 Å². The minimum absolute atomic E-state index is 0.166. The number of rotatable bonds is 5. The van der Waals surface area contributed by atoms with Gasteiger partial charge in [-0.2, -0.15) is 0 Å². The molecule has 2 aromatic rings. The Labute approximate surface area is 173 Å². The molecule has 1 saturated heterocycles. The van der Waals surface area contributed by atoms with Gasteiger partial charge in [-0.25, -0.2) is 0 Å². The van der Waals surface area contributed by atoms with Crippen molar-refractivity contribution in [3.8, 4) is 0 Å². The second kappa shape index (κ2) is 9.29. The second-order valence-corrected chi connectivity index (χ2v) is 8.08. The summed E-state index contributed by atoms with van der Waals surface area (Å²) < 4.78 is 2.27. The number of benzene rings is 1. The summed E-state index contributed by atoms with van der Waals surface area (Å²) in [6.45, 7) is 6.16. The Morgan fingerprint density at radius 1 is 1.10 bits per heavy atom. The van der Waals surface area contributed by atoms with Gasteiger partial charge in [-0.05, 0) is 50.3 Å². The van der Waals surface area contributed by atoms with Crippen LogP contribution >= 0.6 is 0 Å². The zero-order chi connectivity index (χ0) is 20.1. The zero-order valence-corrected chi connectivity index (χ0v) is 17.7. The van der Waals surface area contributed by atoms with E-state index in [0.717, 1.165) is 43.7 Å². The van der Waals surface area contributed by atoms with Crippen molar-refractivity contribution in [1.29, 1.82) is 0 Å². The molecule has 0 radical (unpaired) electrons. The summed E-state index contributed by atoms with van der Waals surface area (Å²) in [6, 6.07) is 9.02. The first-order chi connectivity index (χ1) is 14.2. The predicted molar refractivity (Wildman–Crippen MR) is 117 cm³/mol. The normalized spacial score (nSPS) is 18.3. The molecule has 1 atom stereocenters. The summed E-state index contributed by atoms with van der Waals surface area (Å²) in [5.41, 5.74) is 2.59. The number of nitrogens with one attached hydrogen (secondary N) is 2. The van der Waals surface area contributed by atoms with E-state index in [-0.39, 0.29) is 6.04 Å². The van der Waals surface area contributed by atoms with Crippen molar-refractivity contribution in [2.75, 3.05) is 25.0 Å². The van der Waals surface area contributed by atoms with Crippen LogP contribution in [-0.4, -0.2) is 40.9 Å². The molecule has 0 saturated carbocycles. The third kappa shape index (κ3) is 4.71. The predicted octanol–water partition coefficient (Wildman–Crippen LogP) is 3.03. The van der Waals surface area contributed by atoms with E-state index in [4.69, 9.17) is 0 Å². The van der Waals surface area contributed by atoms with E-state index in [9.17, 15) is 0 Å². The maximum Gasteiger partial charge on any atom is 0.191 e. The first-order valence-electron chi connectivity index (χ1n) is 11.0. The van der Waals surface area contributed by atoms with Crippen LogP contribution in [0.1, 0.15) is 62.3 Å². The summed E-state index contributed by atoms with van der Waals surface area (Å²) in [7, 11) is 1.81. The molecule has 2 N–H and O–H groups in total. The van der Waals surface area contributed by atoms with E-state index in [0.29, 0.717) is 6.54 Å². The second-order valence-electron chi connectivity index (χ2n) is 8.08. The average molecular weight is 396 g/mol. The Balaban J connectivity index is 1.37. The molecule has 3 heterocycles. The minimum atomic E-state index is 0.166. The van der Waals surface area contributed by atoms with Crippen LogP contribution in [0.3, 0.4) is 0 Å². The van der Waals surface area contributed by atoms with Crippen molar-refractivity contribution < 1.29 is 0 Å². The van der Waals surface area contributed by atoms with Crippen molar-refractivity contribution in [2.45, 2.75) is 64.6 Å². The fraction of sp³-hybridized carbons (Fsp3) is 0.591. The SMILES string of the molecule is CN=C(NCc1nnc2n1CCCCC2)NC(C)c1cccc(N2CCCC2)c1. The van der Waals surface area contributed by atoms with Crippen LogP contribution in [0, 0.1) is 0 Å². The third-order valence-electron chi connectivity index (χ3n) is 6.02. The summed E-state index contributed by atoms with van der Waals surface area (Å²) in [5.74, 6) is 2.90. The van der Waals surface area contributed by atoms with Gasteiger partial charge in [0.25, 0.3) is 0 Å². The quantitative estimate of drug-likeness (QED) is 0.602. The molecule has 1 fully saturated rings. The van der Waals surface area contributed by atoms with Gasteiger partial charge in [0.15, 0.2) is 11.8 Å². The first-order valence-corrected chi connectivity index (χ1v) is 11.0. The van der Waals surface area contributed by atoms with Crippen molar-refractivity contribution in [2.24, 2.45) is 4.99 Å². The zero-order valence-electron chi connectivity index (χ0n) is 17.7. The van der Waals surface area contributed by atoms with E-state index in [2.05, 4.69) is 66.5 Å². The van der Waals surface area contributed by atoms with Gasteiger partial charge in [-0.3, -0.25) is 4.99 Å². The minimum Gasteiger partial charge on any atom is -0.372 e. The van der Waals surface area contributed by atoms with Crippen LogP contribution in [0.5, 0.6) is 0 Å². The molecule has 1 unspecified atom stereocenters. The number of nitrogens with zero attached hydrogens (tertiary/aromatic N) is 5. The van der Waals surface area contributed by atoms with E-state index in [1.165, 1.54) is 43.4 Å². The summed E-state index contributed by atoms with van der Waals surface area (Å²) in [6.07, 6.45) is 7.30. The molecule has 0 bridgehead atoms. The van der Waals surface area contributed by atoms with E-state index in [1.807, 2.05) is 7.05 Å². The van der Waals surface area contributed by atoms with Crippen molar-refractivity contribution in [1.82, 2.24) is 25.4 Å². The number of anilines is 1. The molecule has 156 valence electrons. The van der Waals surface area contributed by atoms with Crippen LogP contribution in [-0.2, 0) is 19.5 Å². The maximum atomic E-state index is 4.41. The lowest BCUT2D eigenvalue weighted by atomic mass is 10.1. The Hall–Kier alpha value is -2.57. The van der Waals surface area contributed by atoms with Crippen LogP contribution in [0.2, 0.25) is 0 Å². The van der Waals surface area contributed by atoms with E-state index in [1.54, 1.807) is 0 Å². The highest BCUT2D eigenvalue weighted by Gasteiger charge is 2.16. The first kappa shape index (κ1) is 19.7. The van der Waals surface area contributed by atoms with Crippen molar-refractivity contribution in [3.05, 3.63) is 41.5 Å². The molecule has 0 spiro atoms. The summed E-state index contributed by atoms with van der Waals surface area (Å²) in [4.78, 5) is 6.88. The molecule has 2 aliphatic heterocycles. The van der Waals surface area contributed by atoms with Crippen molar-refractivity contribution >= 4 is 11.6 Å². The fourth-order valence-corrected chi connectivity index (χ4v) is 4.29. The topological polar surface area (TPSA) is 70.4 Å². The highest BCUT2D eigenvalue weighted by molar-refractivity contribution is 5.80. The molecular formula is C22H33N7. The van der Waals surface area contributed by atoms with Crippen molar-refractivity contribution in [3.63, 3.8) is 0 Å². The average Bonchev–Trinajstić information content (AvgIpc) is 3.36. The lowest BCUT2D eigenvalue weighted by molar-refractivity contribution is 0.594. The number of fused-ring (bicyclic) bond motifs is 1. The number of guanidine groups is 1. The highest BCUT2D eigenvalue weighted by Crippen LogP contribution is 2.24. The molecule has 7 heteroatoms. The molecule has 0 amide bonds. The number of aliphatic imine (C=N–C) groups is 1. The monoisotopic (exact) mass is 395 g/mol. The van der Waals surface area contributed by atoms with Gasteiger partial charge < -0.3 is 20.1 Å². The highest BCUT2D eigenvalue weighted by atomic mass is 15.3. The Morgan fingerprint density at radius 2 is 1.93 bits per heavy atom. The molecule has 7 nitrogen and oxygen atoms in total. The molecular weight excluding hydrogens is 362 g/mol. The fourth-order valence-electron chi connectivity index (χ4n) is 4.29. The summed E-state index contributed by atoms with van der Waals surface area (Å²) in [5, 5.41) is 15.7. The molecule has 0 aliphatic carbocycles. The third-order valence-corrected chi connectivity index (χ3v) is 6.02.